The van der Waals surface area contributed by atoms with Crippen LogP contribution in [0.25, 0.3) is 11.0 Å². The van der Waals surface area contributed by atoms with Crippen LogP contribution in [0, 0.1) is 6.92 Å². The Morgan fingerprint density at radius 1 is 1.14 bits per heavy atom. The highest BCUT2D eigenvalue weighted by molar-refractivity contribution is 8.93. The number of halogens is 1. The summed E-state index contributed by atoms with van der Waals surface area (Å²) >= 11 is 0. The molecule has 0 bridgehead atoms. The van der Waals surface area contributed by atoms with Crippen molar-refractivity contribution in [3.8, 4) is 0 Å². The molecule has 1 aliphatic rings. The number of unbranched alkanes of at least 4 members (excludes halogenated alkanes) is 1. The third-order valence-electron chi connectivity index (χ3n) is 5.52. The van der Waals surface area contributed by atoms with E-state index < -0.39 is 0 Å². The van der Waals surface area contributed by atoms with E-state index in [2.05, 4.69) is 41.1 Å². The van der Waals surface area contributed by atoms with Gasteiger partial charge in [-0.15, -0.1) is 17.0 Å². The van der Waals surface area contributed by atoms with Crippen molar-refractivity contribution in [2.24, 2.45) is 5.73 Å². The van der Waals surface area contributed by atoms with E-state index in [0.29, 0.717) is 6.04 Å². The van der Waals surface area contributed by atoms with Crippen LogP contribution in [0.15, 0.2) is 36.4 Å². The fourth-order valence-corrected chi connectivity index (χ4v) is 4.16. The van der Waals surface area contributed by atoms with Gasteiger partial charge in [0.15, 0.2) is 0 Å². The molecule has 4 rings (SSSR count). The Labute approximate surface area is 177 Å². The van der Waals surface area contributed by atoms with Gasteiger partial charge in [0.2, 0.25) is 0 Å². The molecule has 6 heteroatoms. The Hall–Kier alpha value is -1.76. The number of hydrogen-bond acceptors (Lipinski definition) is 4. The second kappa shape index (κ2) is 9.63. The van der Waals surface area contributed by atoms with Crippen LogP contribution >= 0.6 is 17.0 Å². The average Bonchev–Trinajstić information content (AvgIpc) is 3.09. The Balaban J connectivity index is 0.00000225. The number of H-pyrrole nitrogens is 1. The van der Waals surface area contributed by atoms with Gasteiger partial charge in [-0.2, -0.15) is 0 Å². The quantitative estimate of drug-likeness (QED) is 0.528. The zero-order valence-electron chi connectivity index (χ0n) is 16.5. The number of aromatic amines is 1. The fraction of sp³-hybridized carbons (Fsp3) is 0.455. The molecule has 0 radical (unpaired) electrons. The molecule has 1 aromatic carbocycles. The number of aryl methyl sites for hydroxylation is 2. The Bertz CT molecular complexity index is 874. The molecule has 5 nitrogen and oxygen atoms in total. The predicted molar refractivity (Wildman–Crippen MR) is 120 cm³/mol. The highest BCUT2D eigenvalue weighted by atomic mass is 79.9. The molecule has 0 amide bonds. The normalized spacial score (nSPS) is 16.2. The van der Waals surface area contributed by atoms with Crippen molar-refractivity contribution in [2.75, 3.05) is 13.1 Å². The fourth-order valence-electron chi connectivity index (χ4n) is 4.16. The molecule has 1 unspecified atom stereocenters. The van der Waals surface area contributed by atoms with Gasteiger partial charge in [0.1, 0.15) is 5.82 Å². The highest BCUT2D eigenvalue weighted by Gasteiger charge is 2.28. The molecule has 0 saturated carbocycles. The summed E-state index contributed by atoms with van der Waals surface area (Å²) in [5.74, 6) is 1.03. The predicted octanol–water partition coefficient (Wildman–Crippen LogP) is 4.46. The lowest BCUT2D eigenvalue weighted by Crippen LogP contribution is -2.33. The minimum absolute atomic E-state index is 0. The number of pyridine rings is 1. The maximum absolute atomic E-state index is 5.74. The first kappa shape index (κ1) is 21.0. The number of fused-ring (bicyclic) bond motifs is 2. The number of aromatic nitrogens is 3. The smallest absolute Gasteiger partial charge is 0.121 e. The lowest BCUT2D eigenvalue weighted by Gasteiger charge is -2.35. The van der Waals surface area contributed by atoms with E-state index >= 15 is 0 Å². The molecule has 0 fully saturated rings. The topological polar surface area (TPSA) is 70.8 Å². The molecule has 150 valence electrons. The molecule has 0 spiro atoms. The number of para-hydroxylation sites is 2. The third kappa shape index (κ3) is 4.62. The van der Waals surface area contributed by atoms with Gasteiger partial charge in [0.05, 0.1) is 29.3 Å². The summed E-state index contributed by atoms with van der Waals surface area (Å²) in [6, 6.07) is 13.0. The number of hydrogen-bond donors (Lipinski definition) is 2. The van der Waals surface area contributed by atoms with E-state index in [9.17, 15) is 0 Å². The van der Waals surface area contributed by atoms with E-state index in [-0.39, 0.29) is 17.0 Å². The SMILES string of the molecule is Br.Cc1ccc2c(n1)C(N(CCCCN)Cc1nc3ccccc3[nH]1)CCC2. The molecule has 1 atom stereocenters. The van der Waals surface area contributed by atoms with Gasteiger partial charge >= 0.3 is 0 Å². The van der Waals surface area contributed by atoms with Crippen LogP contribution in [0.1, 0.15) is 54.5 Å². The van der Waals surface area contributed by atoms with E-state index in [4.69, 9.17) is 15.7 Å². The summed E-state index contributed by atoms with van der Waals surface area (Å²) in [7, 11) is 0. The summed E-state index contributed by atoms with van der Waals surface area (Å²) in [4.78, 5) is 15.8. The molecule has 2 aromatic heterocycles. The summed E-state index contributed by atoms with van der Waals surface area (Å²) in [5, 5.41) is 0. The van der Waals surface area contributed by atoms with Crippen molar-refractivity contribution >= 4 is 28.0 Å². The van der Waals surface area contributed by atoms with Crippen molar-refractivity contribution in [3.63, 3.8) is 0 Å². The monoisotopic (exact) mass is 443 g/mol. The van der Waals surface area contributed by atoms with Crippen LogP contribution in [0.4, 0.5) is 0 Å². The van der Waals surface area contributed by atoms with Gasteiger partial charge in [0.25, 0.3) is 0 Å². The Morgan fingerprint density at radius 3 is 2.82 bits per heavy atom. The lowest BCUT2D eigenvalue weighted by molar-refractivity contribution is 0.159. The van der Waals surface area contributed by atoms with Gasteiger partial charge < -0.3 is 10.7 Å². The molecule has 0 aliphatic heterocycles. The molecule has 3 N–H and O–H groups in total. The lowest BCUT2D eigenvalue weighted by atomic mass is 9.90. The highest BCUT2D eigenvalue weighted by Crippen LogP contribution is 2.34. The van der Waals surface area contributed by atoms with E-state index in [1.807, 2.05) is 12.1 Å². The summed E-state index contributed by atoms with van der Waals surface area (Å²) in [6.07, 6.45) is 5.68. The standard InChI is InChI=1S/C22H29N5.BrH/c1-16-11-12-17-7-6-10-20(22(17)24-16)27(14-5-4-13-23)15-21-25-18-8-2-3-9-19(18)26-21;/h2-3,8-9,11-12,20H,4-7,10,13-15,23H2,1H3,(H,25,26);1H. The number of nitrogens with one attached hydrogen (secondary N) is 1. The van der Waals surface area contributed by atoms with Gasteiger partial charge in [-0.1, -0.05) is 18.2 Å². The van der Waals surface area contributed by atoms with Crippen molar-refractivity contribution in [2.45, 2.75) is 51.6 Å². The van der Waals surface area contributed by atoms with Gasteiger partial charge in [0, 0.05) is 5.69 Å². The summed E-state index contributed by atoms with van der Waals surface area (Å²) < 4.78 is 0. The van der Waals surface area contributed by atoms with Crippen LogP contribution < -0.4 is 5.73 Å². The summed E-state index contributed by atoms with van der Waals surface area (Å²) in [6.45, 7) is 4.67. The van der Waals surface area contributed by atoms with Crippen LogP contribution in [0.2, 0.25) is 0 Å². The maximum atomic E-state index is 5.74. The zero-order valence-corrected chi connectivity index (χ0v) is 18.2. The van der Waals surface area contributed by atoms with Crippen LogP contribution in [-0.2, 0) is 13.0 Å². The van der Waals surface area contributed by atoms with Gasteiger partial charge in [-0.3, -0.25) is 9.88 Å². The van der Waals surface area contributed by atoms with Gasteiger partial charge in [-0.05, 0) is 75.9 Å². The molecule has 3 aromatic rings. The number of nitrogens with two attached hydrogens (primary N) is 1. The minimum atomic E-state index is 0. The summed E-state index contributed by atoms with van der Waals surface area (Å²) in [5.41, 5.74) is 11.7. The number of rotatable bonds is 7. The number of nitrogens with zero attached hydrogens (tertiary/aromatic N) is 3. The van der Waals surface area contributed by atoms with Crippen LogP contribution in [-0.4, -0.2) is 32.9 Å². The molecule has 28 heavy (non-hydrogen) atoms. The molecule has 2 heterocycles. The first-order chi connectivity index (χ1) is 13.2. The molecule has 1 aliphatic carbocycles. The molecular formula is C22H30BrN5. The van der Waals surface area contributed by atoms with Crippen molar-refractivity contribution in [3.05, 3.63) is 59.2 Å². The van der Waals surface area contributed by atoms with Crippen molar-refractivity contribution in [1.29, 1.82) is 0 Å². The maximum Gasteiger partial charge on any atom is 0.121 e. The van der Waals surface area contributed by atoms with Crippen molar-refractivity contribution < 1.29 is 0 Å². The van der Waals surface area contributed by atoms with E-state index in [0.717, 1.165) is 67.9 Å². The molecule has 0 saturated heterocycles. The average molecular weight is 444 g/mol. The first-order valence-electron chi connectivity index (χ1n) is 10.1. The second-order valence-electron chi connectivity index (χ2n) is 7.57. The number of benzene rings is 1. The second-order valence-corrected chi connectivity index (χ2v) is 7.57. The Morgan fingerprint density at radius 2 is 2.00 bits per heavy atom. The largest absolute Gasteiger partial charge is 0.341 e. The zero-order chi connectivity index (χ0) is 18.6. The minimum Gasteiger partial charge on any atom is -0.341 e. The third-order valence-corrected chi connectivity index (χ3v) is 5.52. The van der Waals surface area contributed by atoms with Crippen molar-refractivity contribution in [1.82, 2.24) is 19.9 Å². The van der Waals surface area contributed by atoms with E-state index in [1.165, 1.54) is 17.7 Å². The van der Waals surface area contributed by atoms with E-state index in [1.54, 1.807) is 0 Å². The molecular weight excluding hydrogens is 414 g/mol. The number of imidazole rings is 1. The Kier molecular flexibility index (Phi) is 7.21. The van der Waals surface area contributed by atoms with Crippen LogP contribution in [0.5, 0.6) is 0 Å². The first-order valence-corrected chi connectivity index (χ1v) is 10.1. The van der Waals surface area contributed by atoms with Crippen LogP contribution in [0.3, 0.4) is 0 Å². The van der Waals surface area contributed by atoms with Gasteiger partial charge in [-0.25, -0.2) is 4.98 Å².